The topological polar surface area (TPSA) is 88.9 Å². The number of nitrogens with one attached hydrogen (secondary N) is 2. The van der Waals surface area contributed by atoms with Crippen molar-refractivity contribution in [2.24, 2.45) is 7.05 Å². The van der Waals surface area contributed by atoms with E-state index in [1.165, 1.54) is 23.9 Å². The molecule has 0 unspecified atom stereocenters. The molecule has 0 aliphatic rings. The molecule has 0 radical (unpaired) electrons. The van der Waals surface area contributed by atoms with Gasteiger partial charge in [0.2, 0.25) is 5.91 Å². The third kappa shape index (κ3) is 5.92. The average molecular weight is 499 g/mol. The van der Waals surface area contributed by atoms with E-state index in [2.05, 4.69) is 20.8 Å². The number of hydrogen-bond donors (Lipinski definition) is 2. The Kier molecular flexibility index (Phi) is 7.83. The lowest BCUT2D eigenvalue weighted by molar-refractivity contribution is -0.113. The van der Waals surface area contributed by atoms with E-state index in [1.54, 1.807) is 35.9 Å². The molecule has 1 aromatic heterocycles. The molecule has 162 valence electrons. The van der Waals surface area contributed by atoms with E-state index in [0.717, 1.165) is 0 Å². The first kappa shape index (κ1) is 23.4. The number of carbonyl (C=O) groups is 2. The van der Waals surface area contributed by atoms with Crippen molar-refractivity contribution < 1.29 is 9.59 Å². The Morgan fingerprint density at radius 3 is 2.39 bits per heavy atom. The molecule has 3 rings (SSSR count). The quantitative estimate of drug-likeness (QED) is 0.448. The Bertz CT molecular complexity index is 1080. The molecular formula is C20H18Cl3N5O2S. The first-order chi connectivity index (χ1) is 14.8. The van der Waals surface area contributed by atoms with Crippen molar-refractivity contribution in [1.82, 2.24) is 20.1 Å². The monoisotopic (exact) mass is 497 g/mol. The van der Waals surface area contributed by atoms with Crippen LogP contribution in [0.3, 0.4) is 0 Å². The predicted molar refractivity (Wildman–Crippen MR) is 124 cm³/mol. The maximum Gasteiger partial charge on any atom is 0.251 e. The summed E-state index contributed by atoms with van der Waals surface area (Å²) in [5.41, 5.74) is 0.858. The van der Waals surface area contributed by atoms with E-state index in [9.17, 15) is 9.59 Å². The summed E-state index contributed by atoms with van der Waals surface area (Å²) in [6, 6.07) is 11.5. The summed E-state index contributed by atoms with van der Waals surface area (Å²) in [5, 5.41) is 15.2. The first-order valence-corrected chi connectivity index (χ1v) is 11.2. The number of hydrogen-bond acceptors (Lipinski definition) is 5. The van der Waals surface area contributed by atoms with Gasteiger partial charge in [-0.2, -0.15) is 0 Å². The fraction of sp³-hybridized carbons (Fsp3) is 0.200. The summed E-state index contributed by atoms with van der Waals surface area (Å²) >= 11 is 19.3. The maximum absolute atomic E-state index is 12.4. The standard InChI is InChI=1S/C20H18Cl3N5O2S/c1-11(24-19(30)12-6-4-3-5-7-12)18-26-27-20(28(18)2)31-10-16(29)25-17-14(22)8-13(21)9-15(17)23/h3-9,11H,10H2,1-2H3,(H,24,30)(H,25,29)/t11-/m1/s1. The van der Waals surface area contributed by atoms with Crippen LogP contribution in [0, 0.1) is 0 Å². The van der Waals surface area contributed by atoms with Crippen LogP contribution in [0.25, 0.3) is 0 Å². The molecule has 2 amide bonds. The Balaban J connectivity index is 1.60. The van der Waals surface area contributed by atoms with E-state index in [-0.39, 0.29) is 33.7 Å². The summed E-state index contributed by atoms with van der Waals surface area (Å²) in [6.45, 7) is 1.82. The molecule has 0 saturated heterocycles. The normalized spacial score (nSPS) is 11.8. The highest BCUT2D eigenvalue weighted by Gasteiger charge is 2.19. The summed E-state index contributed by atoms with van der Waals surface area (Å²) < 4.78 is 1.73. The van der Waals surface area contributed by atoms with Crippen LogP contribution in [0.15, 0.2) is 47.6 Å². The van der Waals surface area contributed by atoms with Crippen molar-refractivity contribution in [3.63, 3.8) is 0 Å². The molecular weight excluding hydrogens is 481 g/mol. The van der Waals surface area contributed by atoms with Crippen LogP contribution in [-0.2, 0) is 11.8 Å². The molecule has 2 N–H and O–H groups in total. The van der Waals surface area contributed by atoms with Crippen molar-refractivity contribution in [3.05, 3.63) is 68.9 Å². The molecule has 7 nitrogen and oxygen atoms in total. The van der Waals surface area contributed by atoms with E-state index in [4.69, 9.17) is 34.8 Å². The van der Waals surface area contributed by atoms with Crippen LogP contribution in [-0.4, -0.2) is 32.3 Å². The SMILES string of the molecule is C[C@@H](NC(=O)c1ccccc1)c1nnc(SCC(=O)Nc2c(Cl)cc(Cl)cc2Cl)n1C. The molecule has 3 aromatic rings. The highest BCUT2D eigenvalue weighted by atomic mass is 35.5. The molecule has 0 spiro atoms. The molecule has 2 aromatic carbocycles. The largest absolute Gasteiger partial charge is 0.342 e. The van der Waals surface area contributed by atoms with Crippen molar-refractivity contribution in [2.45, 2.75) is 18.1 Å². The highest BCUT2D eigenvalue weighted by molar-refractivity contribution is 7.99. The first-order valence-electron chi connectivity index (χ1n) is 9.08. The number of benzene rings is 2. The van der Waals surface area contributed by atoms with Gasteiger partial charge in [-0.25, -0.2) is 0 Å². The lowest BCUT2D eigenvalue weighted by Crippen LogP contribution is -2.28. The third-order valence-corrected chi connectivity index (χ3v) is 6.08. The summed E-state index contributed by atoms with van der Waals surface area (Å²) in [5.74, 6) is 0.106. The molecule has 0 aliphatic heterocycles. The van der Waals surface area contributed by atoms with Crippen molar-refractivity contribution in [3.8, 4) is 0 Å². The highest BCUT2D eigenvalue weighted by Crippen LogP contribution is 2.33. The zero-order chi connectivity index (χ0) is 22.5. The van der Waals surface area contributed by atoms with Crippen LogP contribution in [0.4, 0.5) is 5.69 Å². The lowest BCUT2D eigenvalue weighted by atomic mass is 10.2. The van der Waals surface area contributed by atoms with Gasteiger partial charge in [0.25, 0.3) is 5.91 Å². The fourth-order valence-electron chi connectivity index (χ4n) is 2.73. The second-order valence-electron chi connectivity index (χ2n) is 6.54. The number of carbonyl (C=O) groups excluding carboxylic acids is 2. The molecule has 0 bridgehead atoms. The van der Waals surface area contributed by atoms with E-state index in [0.29, 0.717) is 27.3 Å². The van der Waals surface area contributed by atoms with Gasteiger partial charge in [0, 0.05) is 17.6 Å². The van der Waals surface area contributed by atoms with Gasteiger partial charge in [-0.05, 0) is 31.2 Å². The van der Waals surface area contributed by atoms with Gasteiger partial charge >= 0.3 is 0 Å². The van der Waals surface area contributed by atoms with Gasteiger partial charge < -0.3 is 15.2 Å². The van der Waals surface area contributed by atoms with E-state index >= 15 is 0 Å². The minimum atomic E-state index is -0.375. The second-order valence-corrected chi connectivity index (χ2v) is 8.74. The molecule has 11 heteroatoms. The minimum Gasteiger partial charge on any atom is -0.342 e. The molecule has 1 atom stereocenters. The van der Waals surface area contributed by atoms with Crippen LogP contribution < -0.4 is 10.6 Å². The number of halogens is 3. The van der Waals surface area contributed by atoms with Crippen molar-refractivity contribution in [2.75, 3.05) is 11.1 Å². The summed E-state index contributed by atoms with van der Waals surface area (Å²) in [7, 11) is 1.77. The number of amides is 2. The van der Waals surface area contributed by atoms with Crippen LogP contribution in [0.5, 0.6) is 0 Å². The van der Waals surface area contributed by atoms with Crippen LogP contribution in [0.1, 0.15) is 29.1 Å². The number of aromatic nitrogens is 3. The summed E-state index contributed by atoms with van der Waals surface area (Å²) in [4.78, 5) is 24.7. The minimum absolute atomic E-state index is 0.0615. The third-order valence-electron chi connectivity index (χ3n) is 4.24. The predicted octanol–water partition coefficient (Wildman–Crippen LogP) is 5.00. The van der Waals surface area contributed by atoms with E-state index in [1.807, 2.05) is 13.0 Å². The number of thioether (sulfide) groups is 1. The average Bonchev–Trinajstić information content (AvgIpc) is 3.10. The molecule has 0 aliphatic carbocycles. The van der Waals surface area contributed by atoms with Gasteiger partial charge in [0.05, 0.1) is 27.5 Å². The zero-order valence-electron chi connectivity index (χ0n) is 16.5. The van der Waals surface area contributed by atoms with Crippen LogP contribution in [0.2, 0.25) is 15.1 Å². The van der Waals surface area contributed by atoms with Gasteiger partial charge in [-0.1, -0.05) is 64.8 Å². The van der Waals surface area contributed by atoms with Gasteiger partial charge in [0.1, 0.15) is 0 Å². The Labute approximate surface area is 198 Å². The van der Waals surface area contributed by atoms with Crippen LogP contribution >= 0.6 is 46.6 Å². The smallest absolute Gasteiger partial charge is 0.251 e. The molecule has 31 heavy (non-hydrogen) atoms. The Morgan fingerprint density at radius 2 is 1.74 bits per heavy atom. The zero-order valence-corrected chi connectivity index (χ0v) is 19.6. The van der Waals surface area contributed by atoms with Crippen molar-refractivity contribution >= 4 is 64.1 Å². The van der Waals surface area contributed by atoms with Gasteiger partial charge in [0.15, 0.2) is 11.0 Å². The van der Waals surface area contributed by atoms with Gasteiger partial charge in [-0.3, -0.25) is 9.59 Å². The van der Waals surface area contributed by atoms with Gasteiger partial charge in [-0.15, -0.1) is 10.2 Å². The second kappa shape index (κ2) is 10.4. The fourth-order valence-corrected chi connectivity index (χ4v) is 4.36. The van der Waals surface area contributed by atoms with E-state index < -0.39 is 0 Å². The Hall–Kier alpha value is -2.26. The molecule has 1 heterocycles. The number of rotatable bonds is 7. The number of anilines is 1. The maximum atomic E-state index is 12.4. The molecule has 0 fully saturated rings. The molecule has 0 saturated carbocycles. The number of nitrogens with zero attached hydrogens (tertiary/aromatic N) is 3. The lowest BCUT2D eigenvalue weighted by Gasteiger charge is -2.13. The Morgan fingerprint density at radius 1 is 1.10 bits per heavy atom. The van der Waals surface area contributed by atoms with Crippen molar-refractivity contribution in [1.29, 1.82) is 0 Å². The summed E-state index contributed by atoms with van der Waals surface area (Å²) in [6.07, 6.45) is 0.